The van der Waals surface area contributed by atoms with E-state index in [-0.39, 0.29) is 11.7 Å². The van der Waals surface area contributed by atoms with E-state index in [2.05, 4.69) is 0 Å². The Hall–Kier alpha value is -2.43. The minimum Gasteiger partial charge on any atom is -0.508 e. The summed E-state index contributed by atoms with van der Waals surface area (Å²) < 4.78 is 1.70. The molecule has 0 fully saturated rings. The summed E-state index contributed by atoms with van der Waals surface area (Å²) in [6, 6.07) is 8.51. The Morgan fingerprint density at radius 3 is 2.74 bits per heavy atom. The van der Waals surface area contributed by atoms with Crippen molar-refractivity contribution < 1.29 is 9.90 Å². The Kier molecular flexibility index (Phi) is 3.46. The average molecular weight is 259 g/mol. The number of benzene rings is 1. The van der Waals surface area contributed by atoms with Crippen LogP contribution in [0.4, 0.5) is 5.69 Å². The second-order valence-corrected chi connectivity index (χ2v) is 4.60. The largest absolute Gasteiger partial charge is 0.508 e. The number of phenols is 1. The van der Waals surface area contributed by atoms with Crippen molar-refractivity contribution in [2.45, 2.75) is 6.54 Å². The van der Waals surface area contributed by atoms with E-state index in [0.29, 0.717) is 17.9 Å². The van der Waals surface area contributed by atoms with E-state index >= 15 is 0 Å². The lowest BCUT2D eigenvalue weighted by Gasteiger charge is -2.17. The third-order valence-electron chi connectivity index (χ3n) is 2.92. The summed E-state index contributed by atoms with van der Waals surface area (Å²) in [4.78, 5) is 13.8. The highest BCUT2D eigenvalue weighted by atomic mass is 16.3. The molecule has 0 aliphatic heterocycles. The third kappa shape index (κ3) is 2.88. The van der Waals surface area contributed by atoms with Crippen LogP contribution in [0.25, 0.3) is 0 Å². The molecule has 0 aliphatic rings. The first-order valence-corrected chi connectivity index (χ1v) is 5.92. The number of carbonyl (C=O) groups excluding carboxylic acids is 1. The summed E-state index contributed by atoms with van der Waals surface area (Å²) in [5.74, 6) is 0.0870. The molecule has 5 nitrogen and oxygen atoms in total. The second kappa shape index (κ2) is 5.06. The molecule has 2 aromatic rings. The van der Waals surface area contributed by atoms with Crippen LogP contribution in [0.3, 0.4) is 0 Å². The Morgan fingerprint density at radius 2 is 2.16 bits per heavy atom. The van der Waals surface area contributed by atoms with Gasteiger partial charge in [-0.05, 0) is 23.8 Å². The van der Waals surface area contributed by atoms with Crippen LogP contribution in [0.2, 0.25) is 0 Å². The van der Waals surface area contributed by atoms with Crippen molar-refractivity contribution in [3.63, 3.8) is 0 Å². The maximum Gasteiger partial charge on any atom is 0.270 e. The number of anilines is 1. The monoisotopic (exact) mass is 259 g/mol. The molecule has 0 spiro atoms. The van der Waals surface area contributed by atoms with Crippen molar-refractivity contribution in [3.8, 4) is 5.75 Å². The van der Waals surface area contributed by atoms with Crippen molar-refractivity contribution in [2.24, 2.45) is 7.05 Å². The van der Waals surface area contributed by atoms with Crippen LogP contribution < -0.4 is 5.73 Å². The smallest absolute Gasteiger partial charge is 0.270 e. The van der Waals surface area contributed by atoms with E-state index in [0.717, 1.165) is 5.56 Å². The predicted octanol–water partition coefficient (Wildman–Crippen LogP) is 1.59. The summed E-state index contributed by atoms with van der Waals surface area (Å²) in [6.07, 6.45) is 1.70. The van der Waals surface area contributed by atoms with Gasteiger partial charge < -0.3 is 20.3 Å². The number of amides is 1. The Morgan fingerprint density at radius 1 is 1.42 bits per heavy atom. The van der Waals surface area contributed by atoms with Crippen LogP contribution in [-0.4, -0.2) is 27.5 Å². The molecule has 3 N–H and O–H groups in total. The van der Waals surface area contributed by atoms with Crippen LogP contribution in [0, 0.1) is 0 Å². The van der Waals surface area contributed by atoms with Crippen molar-refractivity contribution in [3.05, 3.63) is 47.8 Å². The molecule has 0 unspecified atom stereocenters. The topological polar surface area (TPSA) is 71.5 Å². The van der Waals surface area contributed by atoms with Gasteiger partial charge in [-0.3, -0.25) is 4.79 Å². The molecule has 1 aromatic carbocycles. The molecule has 5 heteroatoms. The van der Waals surface area contributed by atoms with Gasteiger partial charge in [-0.1, -0.05) is 12.1 Å². The summed E-state index contributed by atoms with van der Waals surface area (Å²) >= 11 is 0. The minimum absolute atomic E-state index is 0.109. The highest BCUT2D eigenvalue weighted by Crippen LogP contribution is 2.15. The van der Waals surface area contributed by atoms with Gasteiger partial charge in [0, 0.05) is 26.8 Å². The highest BCUT2D eigenvalue weighted by molar-refractivity contribution is 5.93. The Labute approximate surface area is 111 Å². The number of aromatic nitrogens is 1. The van der Waals surface area contributed by atoms with Crippen LogP contribution in [0.15, 0.2) is 36.5 Å². The lowest BCUT2D eigenvalue weighted by Crippen LogP contribution is -2.27. The fraction of sp³-hybridized carbons (Fsp3) is 0.214. The van der Waals surface area contributed by atoms with Crippen LogP contribution in [0.5, 0.6) is 5.75 Å². The Balaban J connectivity index is 2.14. The summed E-state index contributed by atoms with van der Waals surface area (Å²) in [5.41, 5.74) is 7.65. The SMILES string of the molecule is CN(Cc1cccc(O)c1)C(=O)c1cc(N)cn1C. The standard InChI is InChI=1S/C14H17N3O2/c1-16-9-11(15)7-13(16)14(19)17(2)8-10-4-3-5-12(18)6-10/h3-7,9,18H,8,15H2,1-2H3. The van der Waals surface area contributed by atoms with Gasteiger partial charge in [0.05, 0.1) is 5.69 Å². The first kappa shape index (κ1) is 13.0. The molecule has 1 amide bonds. The van der Waals surface area contributed by atoms with Crippen molar-refractivity contribution in [1.82, 2.24) is 9.47 Å². The molecule has 0 radical (unpaired) electrons. The van der Waals surface area contributed by atoms with Gasteiger partial charge in [0.2, 0.25) is 0 Å². The lowest BCUT2D eigenvalue weighted by molar-refractivity contribution is 0.0775. The maximum atomic E-state index is 12.3. The van der Waals surface area contributed by atoms with Crippen LogP contribution in [0.1, 0.15) is 16.1 Å². The lowest BCUT2D eigenvalue weighted by atomic mass is 10.2. The molecule has 1 heterocycles. The van der Waals surface area contributed by atoms with E-state index in [1.165, 1.54) is 0 Å². The van der Waals surface area contributed by atoms with Gasteiger partial charge in [-0.25, -0.2) is 0 Å². The van der Waals surface area contributed by atoms with Gasteiger partial charge in [0.1, 0.15) is 11.4 Å². The van der Waals surface area contributed by atoms with E-state index in [9.17, 15) is 9.90 Å². The number of nitrogens with two attached hydrogens (primary N) is 1. The van der Waals surface area contributed by atoms with Gasteiger partial charge in [0.15, 0.2) is 0 Å². The number of aryl methyl sites for hydroxylation is 1. The minimum atomic E-state index is -0.109. The number of carbonyl (C=O) groups is 1. The zero-order valence-corrected chi connectivity index (χ0v) is 11.0. The van der Waals surface area contributed by atoms with Crippen molar-refractivity contribution in [1.29, 1.82) is 0 Å². The summed E-state index contributed by atoms with van der Waals surface area (Å²) in [7, 11) is 3.50. The van der Waals surface area contributed by atoms with Gasteiger partial charge in [-0.15, -0.1) is 0 Å². The normalized spacial score (nSPS) is 10.4. The molecule has 0 aliphatic carbocycles. The van der Waals surface area contributed by atoms with E-state index < -0.39 is 0 Å². The van der Waals surface area contributed by atoms with Gasteiger partial charge in [-0.2, -0.15) is 0 Å². The quantitative estimate of drug-likeness (QED) is 0.879. The molecule has 0 atom stereocenters. The predicted molar refractivity (Wildman–Crippen MR) is 73.7 cm³/mol. The zero-order chi connectivity index (χ0) is 14.0. The molecule has 2 rings (SSSR count). The zero-order valence-electron chi connectivity index (χ0n) is 11.0. The second-order valence-electron chi connectivity index (χ2n) is 4.60. The van der Waals surface area contributed by atoms with Crippen molar-refractivity contribution >= 4 is 11.6 Å². The molecule has 19 heavy (non-hydrogen) atoms. The maximum absolute atomic E-state index is 12.3. The summed E-state index contributed by atoms with van der Waals surface area (Å²) in [5, 5.41) is 9.40. The Bertz CT molecular complexity index is 604. The molecule has 0 saturated carbocycles. The number of rotatable bonds is 3. The van der Waals surface area contributed by atoms with Crippen LogP contribution >= 0.6 is 0 Å². The van der Waals surface area contributed by atoms with E-state index in [1.807, 2.05) is 6.07 Å². The third-order valence-corrected chi connectivity index (χ3v) is 2.92. The number of hydrogen-bond acceptors (Lipinski definition) is 3. The molecule has 0 bridgehead atoms. The van der Waals surface area contributed by atoms with Crippen molar-refractivity contribution in [2.75, 3.05) is 12.8 Å². The van der Waals surface area contributed by atoms with E-state index in [4.69, 9.17) is 5.73 Å². The van der Waals surface area contributed by atoms with Crippen LogP contribution in [-0.2, 0) is 13.6 Å². The number of aromatic hydroxyl groups is 1. The summed E-state index contributed by atoms with van der Waals surface area (Å²) in [6.45, 7) is 0.429. The van der Waals surface area contributed by atoms with Gasteiger partial charge in [0.25, 0.3) is 5.91 Å². The molecular formula is C14H17N3O2. The first-order valence-electron chi connectivity index (χ1n) is 5.92. The molecule has 1 aromatic heterocycles. The molecular weight excluding hydrogens is 242 g/mol. The number of phenolic OH excluding ortho intramolecular Hbond substituents is 1. The first-order chi connectivity index (χ1) is 8.97. The molecule has 0 saturated heterocycles. The number of hydrogen-bond donors (Lipinski definition) is 2. The average Bonchev–Trinajstić information content (AvgIpc) is 2.67. The highest BCUT2D eigenvalue weighted by Gasteiger charge is 2.15. The van der Waals surface area contributed by atoms with E-state index in [1.54, 1.807) is 54.0 Å². The fourth-order valence-corrected chi connectivity index (χ4v) is 2.00. The molecule has 100 valence electrons. The fourth-order valence-electron chi connectivity index (χ4n) is 2.00. The number of nitrogens with zero attached hydrogens (tertiary/aromatic N) is 2. The van der Waals surface area contributed by atoms with Gasteiger partial charge >= 0.3 is 0 Å². The number of nitrogen functional groups attached to an aromatic ring is 1.